The number of hydrogen-bond donors (Lipinski definition) is 2. The first-order valence-electron chi connectivity index (χ1n) is 6.33. The van der Waals surface area contributed by atoms with Gasteiger partial charge in [-0.2, -0.15) is 0 Å². The fraction of sp³-hybridized carbons (Fsp3) is 0.500. The molecule has 0 bridgehead atoms. The van der Waals surface area contributed by atoms with E-state index in [0.29, 0.717) is 12.8 Å². The molecule has 21 heavy (non-hydrogen) atoms. The van der Waals surface area contributed by atoms with Crippen molar-refractivity contribution in [2.24, 2.45) is 5.92 Å². The predicted molar refractivity (Wildman–Crippen MR) is 73.6 cm³/mol. The van der Waals surface area contributed by atoms with E-state index < -0.39 is 14.9 Å². The molecule has 0 aliphatic heterocycles. The maximum absolute atomic E-state index is 12.2. The lowest BCUT2D eigenvalue weighted by atomic mass is 9.83. The molecule has 0 amide bonds. The lowest BCUT2D eigenvalue weighted by molar-refractivity contribution is -0.385. The van der Waals surface area contributed by atoms with Crippen molar-refractivity contribution in [1.82, 2.24) is 4.72 Å². The first kappa shape index (κ1) is 15.7. The van der Waals surface area contributed by atoms with Gasteiger partial charge >= 0.3 is 0 Å². The molecule has 1 aromatic rings. The Labute approximate surface area is 121 Å². The smallest absolute Gasteiger partial charge is 0.273 e. The molecule has 1 fully saturated rings. The highest BCUT2D eigenvalue weighted by molar-refractivity contribution is 7.89. The fourth-order valence-electron chi connectivity index (χ4n) is 2.16. The Morgan fingerprint density at radius 1 is 1.48 bits per heavy atom. The quantitative estimate of drug-likeness (QED) is 0.587. The second-order valence-corrected chi connectivity index (χ2v) is 6.67. The molecule has 0 spiro atoms. The molecule has 0 heterocycles. The van der Waals surface area contributed by atoms with Gasteiger partial charge in [-0.25, -0.2) is 13.1 Å². The van der Waals surface area contributed by atoms with Crippen molar-refractivity contribution in [2.45, 2.75) is 23.8 Å². The van der Waals surface area contributed by atoms with Crippen LogP contribution in [0, 0.1) is 16.0 Å². The third kappa shape index (κ3) is 3.49. The molecule has 0 saturated heterocycles. The number of nitrogens with one attached hydrogen (secondary N) is 1. The van der Waals surface area contributed by atoms with E-state index in [2.05, 4.69) is 4.72 Å². The molecule has 9 heteroatoms. The predicted octanol–water partition coefficient (Wildman–Crippen LogP) is 0.653. The van der Waals surface area contributed by atoms with E-state index in [9.17, 15) is 18.5 Å². The van der Waals surface area contributed by atoms with Crippen LogP contribution in [0.3, 0.4) is 0 Å². The van der Waals surface area contributed by atoms with Crippen LogP contribution in [0.4, 0.5) is 5.69 Å². The third-order valence-corrected chi connectivity index (χ3v) is 4.88. The molecule has 2 N–H and O–H groups in total. The van der Waals surface area contributed by atoms with Crippen LogP contribution >= 0.6 is 0 Å². The van der Waals surface area contributed by atoms with Crippen LogP contribution in [0.25, 0.3) is 0 Å². The van der Waals surface area contributed by atoms with Gasteiger partial charge in [0.25, 0.3) is 5.69 Å². The number of ether oxygens (including phenoxy) is 1. The van der Waals surface area contributed by atoms with Crippen molar-refractivity contribution < 1.29 is 23.2 Å². The largest absolute Gasteiger partial charge is 0.495 e. The topological polar surface area (TPSA) is 119 Å². The van der Waals surface area contributed by atoms with Crippen molar-refractivity contribution in [2.75, 3.05) is 13.7 Å². The molecule has 1 aliphatic carbocycles. The minimum atomic E-state index is -3.81. The number of hydrogen-bond acceptors (Lipinski definition) is 6. The molecule has 2 rings (SSSR count). The van der Waals surface area contributed by atoms with Crippen LogP contribution in [-0.2, 0) is 10.0 Å². The molecule has 1 aromatic carbocycles. The number of benzene rings is 1. The fourth-order valence-corrected chi connectivity index (χ4v) is 3.43. The summed E-state index contributed by atoms with van der Waals surface area (Å²) in [5.74, 6) is 0.0316. The zero-order chi connectivity index (χ0) is 15.6. The molecule has 1 aliphatic rings. The number of sulfonamides is 1. The lowest BCUT2D eigenvalue weighted by Gasteiger charge is -2.31. The molecular formula is C12H16N2O6S. The highest BCUT2D eigenvalue weighted by atomic mass is 32.2. The van der Waals surface area contributed by atoms with E-state index in [1.54, 1.807) is 0 Å². The summed E-state index contributed by atoms with van der Waals surface area (Å²) in [5, 5.41) is 19.9. The molecule has 8 nitrogen and oxygen atoms in total. The number of methoxy groups -OCH3 is 1. The van der Waals surface area contributed by atoms with Crippen LogP contribution in [0.2, 0.25) is 0 Å². The van der Waals surface area contributed by atoms with Crippen LogP contribution < -0.4 is 9.46 Å². The van der Waals surface area contributed by atoms with Crippen LogP contribution in [0.1, 0.15) is 12.8 Å². The van der Waals surface area contributed by atoms with Crippen LogP contribution in [0.15, 0.2) is 23.1 Å². The van der Waals surface area contributed by atoms with E-state index in [-0.39, 0.29) is 34.9 Å². The van der Waals surface area contributed by atoms with Crippen molar-refractivity contribution in [1.29, 1.82) is 0 Å². The van der Waals surface area contributed by atoms with Crippen molar-refractivity contribution >= 4 is 15.7 Å². The second-order valence-electron chi connectivity index (χ2n) is 4.94. The van der Waals surface area contributed by atoms with E-state index >= 15 is 0 Å². The van der Waals surface area contributed by atoms with Gasteiger partial charge in [0, 0.05) is 12.6 Å². The van der Waals surface area contributed by atoms with Crippen LogP contribution in [-0.4, -0.2) is 38.2 Å². The van der Waals surface area contributed by atoms with E-state index in [1.165, 1.54) is 7.11 Å². The third-order valence-electron chi connectivity index (χ3n) is 3.42. The van der Waals surface area contributed by atoms with Crippen LogP contribution in [0.5, 0.6) is 5.75 Å². The Bertz CT molecular complexity index is 639. The Morgan fingerprint density at radius 2 is 2.14 bits per heavy atom. The average molecular weight is 316 g/mol. The first-order chi connectivity index (χ1) is 9.83. The summed E-state index contributed by atoms with van der Waals surface area (Å²) in [6, 6.07) is 3.33. The van der Waals surface area contributed by atoms with Gasteiger partial charge in [0.2, 0.25) is 10.0 Å². The van der Waals surface area contributed by atoms with Gasteiger partial charge in [0.05, 0.1) is 24.2 Å². The van der Waals surface area contributed by atoms with Crippen molar-refractivity contribution in [3.63, 3.8) is 0 Å². The molecule has 0 unspecified atom stereocenters. The summed E-state index contributed by atoms with van der Waals surface area (Å²) in [6.45, 7) is 0.222. The number of aliphatic hydroxyl groups is 1. The van der Waals surface area contributed by atoms with Gasteiger partial charge in [-0.3, -0.25) is 10.1 Å². The SMILES string of the molecule is COc1cc([N+](=O)[O-])ccc1S(=O)(=O)NCC1CC(O)C1. The second kappa shape index (κ2) is 5.96. The summed E-state index contributed by atoms with van der Waals surface area (Å²) in [7, 11) is -2.56. The maximum Gasteiger partial charge on any atom is 0.273 e. The van der Waals surface area contributed by atoms with Gasteiger partial charge in [0.15, 0.2) is 0 Å². The van der Waals surface area contributed by atoms with Gasteiger partial charge in [-0.1, -0.05) is 0 Å². The number of aliphatic hydroxyl groups excluding tert-OH is 1. The highest BCUT2D eigenvalue weighted by Gasteiger charge is 2.29. The summed E-state index contributed by atoms with van der Waals surface area (Å²) in [4.78, 5) is 9.92. The molecule has 0 atom stereocenters. The van der Waals surface area contributed by atoms with E-state index in [1.807, 2.05) is 0 Å². The van der Waals surface area contributed by atoms with Gasteiger partial charge in [0.1, 0.15) is 10.6 Å². The minimum Gasteiger partial charge on any atom is -0.495 e. The zero-order valence-corrected chi connectivity index (χ0v) is 12.2. The zero-order valence-electron chi connectivity index (χ0n) is 11.4. The number of nitro benzene ring substituents is 1. The summed E-state index contributed by atoms with van der Waals surface area (Å²) in [6.07, 6.45) is 0.785. The monoisotopic (exact) mass is 316 g/mol. The Balaban J connectivity index is 2.16. The van der Waals surface area contributed by atoms with Crippen molar-refractivity contribution in [3.8, 4) is 5.75 Å². The van der Waals surface area contributed by atoms with Gasteiger partial charge in [-0.15, -0.1) is 0 Å². The molecule has 0 aromatic heterocycles. The molecule has 116 valence electrons. The number of nitro groups is 1. The summed E-state index contributed by atoms with van der Waals surface area (Å²) in [5.41, 5.74) is -0.243. The Morgan fingerprint density at radius 3 is 2.67 bits per heavy atom. The minimum absolute atomic E-state index is 0.0784. The average Bonchev–Trinajstić information content (AvgIpc) is 2.41. The standard InChI is InChI=1S/C12H16N2O6S/c1-20-11-6-9(14(16)17)2-3-12(11)21(18,19)13-7-8-4-10(15)5-8/h2-3,6,8,10,13,15H,4-5,7H2,1H3. The summed E-state index contributed by atoms with van der Waals surface area (Å²) < 4.78 is 31.7. The molecule has 1 saturated carbocycles. The normalized spacial score (nSPS) is 21.6. The number of nitrogens with zero attached hydrogens (tertiary/aromatic N) is 1. The number of non-ortho nitro benzene ring substituents is 1. The van der Waals surface area contributed by atoms with Crippen molar-refractivity contribution in [3.05, 3.63) is 28.3 Å². The summed E-state index contributed by atoms with van der Waals surface area (Å²) >= 11 is 0. The Kier molecular flexibility index (Phi) is 4.45. The van der Waals surface area contributed by atoms with Gasteiger partial charge < -0.3 is 9.84 Å². The first-order valence-corrected chi connectivity index (χ1v) is 7.82. The Hall–Kier alpha value is -1.71. The lowest BCUT2D eigenvalue weighted by Crippen LogP contribution is -2.38. The maximum atomic E-state index is 12.2. The number of rotatable bonds is 6. The van der Waals surface area contributed by atoms with Gasteiger partial charge in [-0.05, 0) is 24.8 Å². The highest BCUT2D eigenvalue weighted by Crippen LogP contribution is 2.30. The van der Waals surface area contributed by atoms with E-state index in [4.69, 9.17) is 9.84 Å². The molecule has 0 radical (unpaired) electrons. The molecular weight excluding hydrogens is 300 g/mol. The van der Waals surface area contributed by atoms with E-state index in [0.717, 1.165) is 18.2 Å².